The van der Waals surface area contributed by atoms with Gasteiger partial charge in [0.2, 0.25) is 0 Å². The Labute approximate surface area is 98.7 Å². The number of hydrogen-bond acceptors (Lipinski definition) is 3. The van der Waals surface area contributed by atoms with Crippen molar-refractivity contribution >= 4 is 11.8 Å². The summed E-state index contributed by atoms with van der Waals surface area (Å²) in [4.78, 5) is 11.5. The fraction of sp³-hybridized carbons (Fsp3) is 0.200. The zero-order valence-corrected chi connectivity index (χ0v) is 9.30. The lowest BCUT2D eigenvalue weighted by Crippen LogP contribution is -2.22. The van der Waals surface area contributed by atoms with Crippen LogP contribution < -0.4 is 5.69 Å². The summed E-state index contributed by atoms with van der Waals surface area (Å²) in [5.74, 6) is -0.736. The van der Waals surface area contributed by atoms with Crippen molar-refractivity contribution in [2.24, 2.45) is 0 Å². The number of fused-ring (bicyclic) bond motifs is 1. The lowest BCUT2D eigenvalue weighted by Gasteiger charge is -2.11. The molecular formula is C10H7F2N3OS. The molecule has 7 heteroatoms. The molecule has 1 aliphatic rings. The lowest BCUT2D eigenvalue weighted by atomic mass is 10.1. The number of benzene rings is 1. The molecule has 1 atom stereocenters. The Hall–Kier alpha value is -1.63. The van der Waals surface area contributed by atoms with Crippen LogP contribution in [-0.2, 0) is 0 Å². The molecule has 1 aromatic carbocycles. The zero-order chi connectivity index (χ0) is 12.0. The van der Waals surface area contributed by atoms with Crippen LogP contribution in [0.5, 0.6) is 0 Å². The van der Waals surface area contributed by atoms with Crippen LogP contribution >= 0.6 is 11.8 Å². The molecule has 1 aromatic heterocycles. The van der Waals surface area contributed by atoms with Gasteiger partial charge in [0, 0.05) is 11.8 Å². The van der Waals surface area contributed by atoms with Crippen LogP contribution in [0.4, 0.5) is 8.78 Å². The first-order valence-electron chi connectivity index (χ1n) is 4.91. The fourth-order valence-electron chi connectivity index (χ4n) is 1.91. The van der Waals surface area contributed by atoms with Crippen LogP contribution in [0.1, 0.15) is 11.6 Å². The first kappa shape index (κ1) is 10.5. The number of H-pyrrole nitrogens is 1. The Bertz CT molecular complexity index is 616. The molecule has 3 rings (SSSR count). The molecule has 2 aromatic rings. The van der Waals surface area contributed by atoms with Gasteiger partial charge in [-0.1, -0.05) is 11.8 Å². The second-order valence-corrected chi connectivity index (χ2v) is 4.70. The highest BCUT2D eigenvalue weighted by molar-refractivity contribution is 7.99. The molecule has 4 nitrogen and oxygen atoms in total. The van der Waals surface area contributed by atoms with E-state index in [1.807, 2.05) is 0 Å². The number of hydrogen-bond donors (Lipinski definition) is 1. The Morgan fingerprint density at radius 1 is 1.35 bits per heavy atom. The summed E-state index contributed by atoms with van der Waals surface area (Å²) >= 11 is 1.38. The van der Waals surface area contributed by atoms with Crippen LogP contribution in [0, 0.1) is 11.6 Å². The van der Waals surface area contributed by atoms with Gasteiger partial charge in [0.1, 0.15) is 11.6 Å². The van der Waals surface area contributed by atoms with Gasteiger partial charge in [-0.3, -0.25) is 4.57 Å². The van der Waals surface area contributed by atoms with Crippen LogP contribution in [0.15, 0.2) is 28.2 Å². The van der Waals surface area contributed by atoms with Crippen molar-refractivity contribution in [2.75, 3.05) is 5.75 Å². The molecule has 0 unspecified atom stereocenters. The predicted octanol–water partition coefficient (Wildman–Crippen LogP) is 1.54. The van der Waals surface area contributed by atoms with Gasteiger partial charge in [-0.15, -0.1) is 5.10 Å². The molecule has 0 saturated heterocycles. The number of halogens is 2. The highest BCUT2D eigenvalue weighted by Gasteiger charge is 2.28. The molecule has 0 saturated carbocycles. The molecule has 17 heavy (non-hydrogen) atoms. The number of aromatic amines is 1. The molecule has 0 amide bonds. The van der Waals surface area contributed by atoms with E-state index in [2.05, 4.69) is 10.2 Å². The Morgan fingerprint density at radius 3 is 2.76 bits per heavy atom. The van der Waals surface area contributed by atoms with Gasteiger partial charge in [-0.2, -0.15) is 0 Å². The maximum atomic E-state index is 13.1. The van der Waals surface area contributed by atoms with E-state index in [-0.39, 0.29) is 11.7 Å². The molecule has 0 radical (unpaired) electrons. The maximum Gasteiger partial charge on any atom is 0.344 e. The van der Waals surface area contributed by atoms with Gasteiger partial charge in [0.05, 0.1) is 6.04 Å². The number of thioether (sulfide) groups is 1. The van der Waals surface area contributed by atoms with Crippen LogP contribution in [0.2, 0.25) is 0 Å². The highest BCUT2D eigenvalue weighted by atomic mass is 32.2. The van der Waals surface area contributed by atoms with Gasteiger partial charge >= 0.3 is 5.69 Å². The third-order valence-electron chi connectivity index (χ3n) is 2.62. The average Bonchev–Trinajstić information content (AvgIpc) is 2.80. The van der Waals surface area contributed by atoms with Crippen molar-refractivity contribution in [2.45, 2.75) is 11.2 Å². The monoisotopic (exact) mass is 255 g/mol. The summed E-state index contributed by atoms with van der Waals surface area (Å²) < 4.78 is 27.7. The molecule has 88 valence electrons. The molecule has 1 N–H and O–H groups in total. The first-order chi connectivity index (χ1) is 8.15. The third kappa shape index (κ3) is 1.66. The van der Waals surface area contributed by atoms with E-state index in [0.29, 0.717) is 16.5 Å². The smallest absolute Gasteiger partial charge is 0.262 e. The normalized spacial score (nSPS) is 18.4. The second-order valence-electron chi connectivity index (χ2n) is 3.71. The minimum Gasteiger partial charge on any atom is -0.262 e. The first-order valence-corrected chi connectivity index (χ1v) is 5.89. The van der Waals surface area contributed by atoms with E-state index in [4.69, 9.17) is 0 Å². The third-order valence-corrected chi connectivity index (χ3v) is 3.65. The zero-order valence-electron chi connectivity index (χ0n) is 8.48. The van der Waals surface area contributed by atoms with Crippen molar-refractivity contribution < 1.29 is 8.78 Å². The summed E-state index contributed by atoms with van der Waals surface area (Å²) in [6, 6.07) is 2.92. The number of nitrogens with zero attached hydrogens (tertiary/aromatic N) is 2. The van der Waals surface area contributed by atoms with Gasteiger partial charge in [-0.05, 0) is 17.7 Å². The van der Waals surface area contributed by atoms with E-state index < -0.39 is 11.6 Å². The molecule has 0 bridgehead atoms. The molecule has 1 aliphatic heterocycles. The molecule has 0 spiro atoms. The van der Waals surface area contributed by atoms with Gasteiger partial charge in [0.25, 0.3) is 0 Å². The van der Waals surface area contributed by atoms with Gasteiger partial charge < -0.3 is 0 Å². The molecular weight excluding hydrogens is 248 g/mol. The van der Waals surface area contributed by atoms with Crippen LogP contribution in [0.25, 0.3) is 0 Å². The second kappa shape index (κ2) is 3.69. The van der Waals surface area contributed by atoms with E-state index in [1.54, 1.807) is 0 Å². The lowest BCUT2D eigenvalue weighted by molar-refractivity contribution is 0.556. The number of nitrogens with one attached hydrogen (secondary N) is 1. The predicted molar refractivity (Wildman–Crippen MR) is 58.1 cm³/mol. The summed E-state index contributed by atoms with van der Waals surface area (Å²) in [7, 11) is 0. The Balaban J connectivity index is 2.12. The molecule has 0 fully saturated rings. The van der Waals surface area contributed by atoms with E-state index >= 15 is 0 Å². The number of aromatic nitrogens is 3. The van der Waals surface area contributed by atoms with E-state index in [1.165, 1.54) is 28.5 Å². The Morgan fingerprint density at radius 2 is 2.06 bits per heavy atom. The SMILES string of the molecule is O=c1[nH]nc2n1[C@H](c1cc(F)cc(F)c1)CS2. The van der Waals surface area contributed by atoms with Crippen molar-refractivity contribution in [1.82, 2.24) is 14.8 Å². The standard InChI is InChI=1S/C10H7F2N3OS/c11-6-1-5(2-7(12)3-6)8-4-17-10-14-13-9(16)15(8)10/h1-3,8H,4H2,(H,13,16)/t8-/m0/s1. The van der Waals surface area contributed by atoms with Crippen LogP contribution in [0.3, 0.4) is 0 Å². The van der Waals surface area contributed by atoms with E-state index in [0.717, 1.165) is 6.07 Å². The van der Waals surface area contributed by atoms with Gasteiger partial charge in [0.15, 0.2) is 5.16 Å². The summed E-state index contributed by atoms with van der Waals surface area (Å²) in [5, 5.41) is 6.68. The molecule has 2 heterocycles. The largest absolute Gasteiger partial charge is 0.344 e. The highest BCUT2D eigenvalue weighted by Crippen LogP contribution is 2.34. The van der Waals surface area contributed by atoms with Gasteiger partial charge in [-0.25, -0.2) is 18.7 Å². The summed E-state index contributed by atoms with van der Waals surface area (Å²) in [6.45, 7) is 0. The maximum absolute atomic E-state index is 13.1. The number of rotatable bonds is 1. The van der Waals surface area contributed by atoms with Crippen molar-refractivity contribution in [3.63, 3.8) is 0 Å². The Kier molecular flexibility index (Phi) is 2.29. The van der Waals surface area contributed by atoms with Crippen molar-refractivity contribution in [3.05, 3.63) is 45.9 Å². The topological polar surface area (TPSA) is 50.7 Å². The van der Waals surface area contributed by atoms with Crippen molar-refractivity contribution in [1.29, 1.82) is 0 Å². The minimum atomic E-state index is -0.644. The fourth-order valence-corrected chi connectivity index (χ4v) is 3.02. The average molecular weight is 255 g/mol. The van der Waals surface area contributed by atoms with Crippen molar-refractivity contribution in [3.8, 4) is 0 Å². The minimum absolute atomic E-state index is 0.361. The van der Waals surface area contributed by atoms with E-state index in [9.17, 15) is 13.6 Å². The van der Waals surface area contributed by atoms with Crippen LogP contribution in [-0.4, -0.2) is 20.5 Å². The summed E-state index contributed by atoms with van der Waals surface area (Å²) in [5.41, 5.74) is 0.0805. The quantitative estimate of drug-likeness (QED) is 0.841. The molecule has 0 aliphatic carbocycles. The summed E-state index contributed by atoms with van der Waals surface area (Å²) in [6.07, 6.45) is 0.